The molecule has 18 heavy (non-hydrogen) atoms. The summed E-state index contributed by atoms with van der Waals surface area (Å²) in [7, 11) is 0. The predicted octanol–water partition coefficient (Wildman–Crippen LogP) is 2.98. The Morgan fingerprint density at radius 2 is 2.00 bits per heavy atom. The van der Waals surface area contributed by atoms with Gasteiger partial charge in [0, 0.05) is 12.3 Å². The summed E-state index contributed by atoms with van der Waals surface area (Å²) >= 11 is 0. The van der Waals surface area contributed by atoms with Gasteiger partial charge in [-0.1, -0.05) is 46.0 Å². The minimum Gasteiger partial charge on any atom is -0.852 e. The van der Waals surface area contributed by atoms with Gasteiger partial charge in [-0.2, -0.15) is 0 Å². The van der Waals surface area contributed by atoms with Gasteiger partial charge in [-0.05, 0) is 19.3 Å². The van der Waals surface area contributed by atoms with E-state index >= 15 is 0 Å². The fourth-order valence-electron chi connectivity index (χ4n) is 2.76. The van der Waals surface area contributed by atoms with Gasteiger partial charge in [0.15, 0.2) is 0 Å². The van der Waals surface area contributed by atoms with Gasteiger partial charge in [-0.3, -0.25) is 0 Å². The van der Waals surface area contributed by atoms with Crippen molar-refractivity contribution in [2.75, 3.05) is 13.1 Å². The average molecular weight is 253 g/mol. The Balaban J connectivity index is 2.25. The first-order valence-corrected chi connectivity index (χ1v) is 8.01. The van der Waals surface area contributed by atoms with Crippen LogP contribution in [0.5, 0.6) is 0 Å². The molecule has 1 aliphatic heterocycles. The molecule has 0 spiro atoms. The molecule has 0 bridgehead atoms. The van der Waals surface area contributed by atoms with E-state index in [1.54, 1.807) is 0 Å². The van der Waals surface area contributed by atoms with Crippen LogP contribution in [0, 0.1) is 5.92 Å². The van der Waals surface area contributed by atoms with Crippen LogP contribution in [0.3, 0.4) is 0 Å². The fourth-order valence-corrected chi connectivity index (χ4v) is 2.76. The molecular weight excluding hydrogens is 222 g/mol. The van der Waals surface area contributed by atoms with Crippen LogP contribution in [-0.2, 0) is 0 Å². The normalized spacial score (nSPS) is 21.7. The predicted molar refractivity (Wildman–Crippen MR) is 76.2 cm³/mol. The molecule has 0 saturated carbocycles. The Bertz CT molecular complexity index is 237. The molecule has 1 heterocycles. The number of nitrogens with zero attached hydrogens (tertiary/aromatic N) is 1. The molecule has 0 aromatic rings. The lowest BCUT2D eigenvalue weighted by Crippen LogP contribution is -2.32. The molecule has 0 aromatic heterocycles. The van der Waals surface area contributed by atoms with Gasteiger partial charge in [-0.15, -0.1) is 6.10 Å². The van der Waals surface area contributed by atoms with Crippen molar-refractivity contribution in [3.05, 3.63) is 0 Å². The molecule has 0 radical (unpaired) electrons. The first kappa shape index (κ1) is 15.7. The maximum atomic E-state index is 11.7. The lowest BCUT2D eigenvalue weighted by Gasteiger charge is -2.22. The summed E-state index contributed by atoms with van der Waals surface area (Å²) in [6, 6.07) is 0. The van der Waals surface area contributed by atoms with Gasteiger partial charge in [0.1, 0.15) is 19.3 Å². The van der Waals surface area contributed by atoms with Crippen LogP contribution < -0.4 is 5.11 Å². The number of rotatable bonds is 9. The first-order valence-electron chi connectivity index (χ1n) is 8.01. The maximum absolute atomic E-state index is 11.7. The van der Waals surface area contributed by atoms with E-state index in [1.807, 2.05) is 0 Å². The highest BCUT2D eigenvalue weighted by atomic mass is 16.3. The molecule has 106 valence electrons. The van der Waals surface area contributed by atoms with Crippen molar-refractivity contribution in [1.29, 1.82) is 0 Å². The number of hydrogen-bond acceptors (Lipinski definition) is 1. The second-order valence-corrected chi connectivity index (χ2v) is 5.78. The molecule has 2 atom stereocenters. The molecule has 0 fully saturated rings. The third-order valence-electron chi connectivity index (χ3n) is 3.99. The molecule has 0 saturated heterocycles. The standard InChI is InChI=1S/C16H31NO/c1-3-5-8-15-9-7-12-17(14-15)13-11-16(18)10-6-4-2/h14-16H,3-13H2,1-2H3/t15-,16-/m0/s1. The summed E-state index contributed by atoms with van der Waals surface area (Å²) < 4.78 is 2.42. The Labute approximate surface area is 113 Å². The van der Waals surface area contributed by atoms with Crippen molar-refractivity contribution >= 4 is 6.21 Å². The zero-order chi connectivity index (χ0) is 13.2. The molecule has 0 aromatic carbocycles. The molecule has 1 aliphatic rings. The Morgan fingerprint density at radius 3 is 2.72 bits per heavy atom. The van der Waals surface area contributed by atoms with Crippen LogP contribution in [0.4, 0.5) is 0 Å². The van der Waals surface area contributed by atoms with Crippen LogP contribution in [0.1, 0.15) is 71.6 Å². The summed E-state index contributed by atoms with van der Waals surface area (Å²) in [5.41, 5.74) is 0. The van der Waals surface area contributed by atoms with Gasteiger partial charge < -0.3 is 5.11 Å². The second-order valence-electron chi connectivity index (χ2n) is 5.78. The molecular formula is C16H31NO. The minimum atomic E-state index is -0.339. The molecule has 0 amide bonds. The number of unbranched alkanes of at least 4 members (excludes halogenated alkanes) is 2. The summed E-state index contributed by atoms with van der Waals surface area (Å²) in [4.78, 5) is 0. The van der Waals surface area contributed by atoms with Crippen molar-refractivity contribution in [3.8, 4) is 0 Å². The molecule has 0 aliphatic carbocycles. The van der Waals surface area contributed by atoms with Crippen molar-refractivity contribution in [2.45, 2.75) is 77.7 Å². The summed E-state index contributed by atoms with van der Waals surface area (Å²) in [5.74, 6) is 0.777. The monoisotopic (exact) mass is 253 g/mol. The number of hydrogen-bond donors (Lipinski definition) is 0. The van der Waals surface area contributed by atoms with E-state index in [0.717, 1.165) is 38.1 Å². The van der Waals surface area contributed by atoms with Crippen molar-refractivity contribution < 1.29 is 9.68 Å². The van der Waals surface area contributed by atoms with E-state index in [2.05, 4.69) is 24.6 Å². The third-order valence-corrected chi connectivity index (χ3v) is 3.99. The zero-order valence-electron chi connectivity index (χ0n) is 12.4. The summed E-state index contributed by atoms with van der Waals surface area (Å²) in [5, 5.41) is 11.7. The molecule has 0 N–H and O–H groups in total. The Hall–Kier alpha value is -0.370. The first-order chi connectivity index (χ1) is 8.76. The summed E-state index contributed by atoms with van der Waals surface area (Å²) in [6.07, 6.45) is 12.7. The fraction of sp³-hybridized carbons (Fsp3) is 0.938. The van der Waals surface area contributed by atoms with E-state index in [-0.39, 0.29) is 6.10 Å². The third kappa shape index (κ3) is 6.53. The van der Waals surface area contributed by atoms with Gasteiger partial charge in [0.2, 0.25) is 0 Å². The Kier molecular flexibility index (Phi) is 8.32. The lowest BCUT2D eigenvalue weighted by molar-refractivity contribution is -0.540. The van der Waals surface area contributed by atoms with Gasteiger partial charge >= 0.3 is 0 Å². The SMILES string of the molecule is CCCC[C@H]([O-])CC[N+]1=C[C@@H](CCCC)CCC1. The van der Waals surface area contributed by atoms with E-state index in [9.17, 15) is 5.11 Å². The van der Waals surface area contributed by atoms with E-state index in [4.69, 9.17) is 0 Å². The average Bonchev–Trinajstić information content (AvgIpc) is 2.41. The molecule has 2 nitrogen and oxygen atoms in total. The van der Waals surface area contributed by atoms with Gasteiger partial charge in [0.05, 0.1) is 0 Å². The highest BCUT2D eigenvalue weighted by molar-refractivity contribution is 5.55. The quantitative estimate of drug-likeness (QED) is 0.580. The Morgan fingerprint density at radius 1 is 1.22 bits per heavy atom. The lowest BCUT2D eigenvalue weighted by atomic mass is 9.95. The van der Waals surface area contributed by atoms with Crippen LogP contribution >= 0.6 is 0 Å². The van der Waals surface area contributed by atoms with Crippen molar-refractivity contribution in [1.82, 2.24) is 0 Å². The van der Waals surface area contributed by atoms with E-state index in [1.165, 1.54) is 38.6 Å². The maximum Gasteiger partial charge on any atom is 0.142 e. The van der Waals surface area contributed by atoms with Crippen LogP contribution in [0.2, 0.25) is 0 Å². The zero-order valence-corrected chi connectivity index (χ0v) is 12.4. The molecule has 2 heteroatoms. The van der Waals surface area contributed by atoms with E-state index in [0.29, 0.717) is 0 Å². The molecule has 1 rings (SSSR count). The van der Waals surface area contributed by atoms with Gasteiger partial charge in [-0.25, -0.2) is 4.58 Å². The summed E-state index contributed by atoms with van der Waals surface area (Å²) in [6.45, 7) is 6.57. The molecule has 0 unspecified atom stereocenters. The van der Waals surface area contributed by atoms with Gasteiger partial charge in [0.25, 0.3) is 0 Å². The van der Waals surface area contributed by atoms with Crippen molar-refractivity contribution in [3.63, 3.8) is 0 Å². The topological polar surface area (TPSA) is 26.1 Å². The highest BCUT2D eigenvalue weighted by Gasteiger charge is 2.18. The van der Waals surface area contributed by atoms with Crippen LogP contribution in [-0.4, -0.2) is 30.0 Å². The highest BCUT2D eigenvalue weighted by Crippen LogP contribution is 2.16. The van der Waals surface area contributed by atoms with E-state index < -0.39 is 0 Å². The van der Waals surface area contributed by atoms with Crippen molar-refractivity contribution in [2.24, 2.45) is 5.92 Å². The second kappa shape index (κ2) is 9.55. The van der Waals surface area contributed by atoms with Crippen LogP contribution in [0.25, 0.3) is 0 Å². The smallest absolute Gasteiger partial charge is 0.142 e. The van der Waals surface area contributed by atoms with Crippen LogP contribution in [0.15, 0.2) is 0 Å². The largest absolute Gasteiger partial charge is 0.852 e. The minimum absolute atomic E-state index is 0.339.